The number of ether oxygens (including phenoxy) is 1. The third-order valence-corrected chi connectivity index (χ3v) is 4.38. The van der Waals surface area contributed by atoms with E-state index in [0.717, 1.165) is 38.0 Å². The Morgan fingerprint density at radius 3 is 2.78 bits per heavy atom. The zero-order valence-electron chi connectivity index (χ0n) is 14.3. The van der Waals surface area contributed by atoms with E-state index in [1.165, 1.54) is 0 Å². The van der Waals surface area contributed by atoms with Crippen LogP contribution < -0.4 is 5.73 Å². The highest BCUT2D eigenvalue weighted by Gasteiger charge is 2.29. The first-order valence-electron chi connectivity index (χ1n) is 8.53. The summed E-state index contributed by atoms with van der Waals surface area (Å²) in [7, 11) is 0. The molecule has 1 aliphatic rings. The van der Waals surface area contributed by atoms with E-state index in [2.05, 4.69) is 18.7 Å². The van der Waals surface area contributed by atoms with Crippen molar-refractivity contribution in [1.29, 1.82) is 0 Å². The maximum atomic E-state index is 12.3. The van der Waals surface area contributed by atoms with Gasteiger partial charge in [-0.1, -0.05) is 30.3 Å². The topological polar surface area (TPSA) is 58.8 Å². The Morgan fingerprint density at radius 1 is 1.39 bits per heavy atom. The van der Waals surface area contributed by atoms with Crippen LogP contribution in [0.3, 0.4) is 0 Å². The molecule has 1 atom stereocenters. The number of amides is 1. The van der Waals surface area contributed by atoms with Crippen molar-refractivity contribution in [3.63, 3.8) is 0 Å². The fourth-order valence-corrected chi connectivity index (χ4v) is 3.21. The van der Waals surface area contributed by atoms with Crippen molar-refractivity contribution in [1.82, 2.24) is 9.80 Å². The molecule has 0 bridgehead atoms. The molecule has 1 heterocycles. The van der Waals surface area contributed by atoms with Crippen LogP contribution in [0.1, 0.15) is 32.3 Å². The van der Waals surface area contributed by atoms with Crippen LogP contribution in [-0.4, -0.2) is 54.2 Å². The van der Waals surface area contributed by atoms with E-state index >= 15 is 0 Å². The zero-order valence-corrected chi connectivity index (χ0v) is 14.3. The van der Waals surface area contributed by atoms with Gasteiger partial charge in [-0.2, -0.15) is 0 Å². The van der Waals surface area contributed by atoms with Crippen molar-refractivity contribution in [2.45, 2.75) is 45.4 Å². The maximum Gasteiger partial charge on any atom is 0.410 e. The molecule has 1 aromatic rings. The number of hydrogen-bond acceptors (Lipinski definition) is 4. The SMILES string of the molecule is CC(C)N(CCN)C1CCCN(C(=O)OCc2ccccc2)C1. The molecule has 5 nitrogen and oxygen atoms in total. The van der Waals surface area contributed by atoms with Gasteiger partial charge >= 0.3 is 6.09 Å². The summed E-state index contributed by atoms with van der Waals surface area (Å²) in [5.74, 6) is 0. The summed E-state index contributed by atoms with van der Waals surface area (Å²) in [6.45, 7) is 7.72. The van der Waals surface area contributed by atoms with E-state index in [1.54, 1.807) is 0 Å². The first kappa shape index (κ1) is 17.8. The molecule has 1 unspecified atom stereocenters. The molecule has 2 N–H and O–H groups in total. The standard InChI is InChI=1S/C18H29N3O2/c1-15(2)21(12-10-19)17-9-6-11-20(13-17)18(22)23-14-16-7-4-3-5-8-16/h3-5,7-8,15,17H,6,9-14,19H2,1-2H3. The Hall–Kier alpha value is -1.59. The lowest BCUT2D eigenvalue weighted by molar-refractivity contribution is 0.0520. The molecule has 0 radical (unpaired) electrons. The Labute approximate surface area is 139 Å². The molecule has 0 aromatic heterocycles. The summed E-state index contributed by atoms with van der Waals surface area (Å²) < 4.78 is 5.46. The van der Waals surface area contributed by atoms with Crippen molar-refractivity contribution < 1.29 is 9.53 Å². The van der Waals surface area contributed by atoms with Gasteiger partial charge in [-0.15, -0.1) is 0 Å². The Kier molecular flexibility index (Phi) is 6.86. The number of rotatable bonds is 6. The van der Waals surface area contributed by atoms with Gasteiger partial charge in [-0.05, 0) is 32.3 Å². The Balaban J connectivity index is 1.88. The van der Waals surface area contributed by atoms with Crippen LogP contribution in [0.2, 0.25) is 0 Å². The lowest BCUT2D eigenvalue weighted by atomic mass is 10.0. The smallest absolute Gasteiger partial charge is 0.410 e. The van der Waals surface area contributed by atoms with Crippen molar-refractivity contribution in [2.75, 3.05) is 26.2 Å². The summed E-state index contributed by atoms with van der Waals surface area (Å²) in [6, 6.07) is 10.6. The van der Waals surface area contributed by atoms with E-state index in [4.69, 9.17) is 10.5 Å². The van der Waals surface area contributed by atoms with Crippen LogP contribution in [0.5, 0.6) is 0 Å². The van der Waals surface area contributed by atoms with Gasteiger partial charge in [0, 0.05) is 38.3 Å². The number of carbonyl (C=O) groups is 1. The van der Waals surface area contributed by atoms with Crippen molar-refractivity contribution in [3.05, 3.63) is 35.9 Å². The van der Waals surface area contributed by atoms with Gasteiger partial charge in [-0.25, -0.2) is 4.79 Å². The van der Waals surface area contributed by atoms with Crippen LogP contribution in [-0.2, 0) is 11.3 Å². The van der Waals surface area contributed by atoms with Crippen LogP contribution in [0.4, 0.5) is 4.79 Å². The molecule has 0 aliphatic carbocycles. The van der Waals surface area contributed by atoms with E-state index in [9.17, 15) is 4.79 Å². The summed E-state index contributed by atoms with van der Waals surface area (Å²) in [6.07, 6.45) is 1.91. The fraction of sp³-hybridized carbons (Fsp3) is 0.611. The molecule has 1 amide bonds. The fourth-order valence-electron chi connectivity index (χ4n) is 3.21. The van der Waals surface area contributed by atoms with Crippen molar-refractivity contribution >= 4 is 6.09 Å². The zero-order chi connectivity index (χ0) is 16.7. The van der Waals surface area contributed by atoms with E-state index in [-0.39, 0.29) is 6.09 Å². The second-order valence-electron chi connectivity index (χ2n) is 6.40. The van der Waals surface area contributed by atoms with Gasteiger partial charge in [0.2, 0.25) is 0 Å². The molecule has 23 heavy (non-hydrogen) atoms. The first-order valence-corrected chi connectivity index (χ1v) is 8.53. The maximum absolute atomic E-state index is 12.3. The van der Waals surface area contributed by atoms with Crippen LogP contribution in [0.25, 0.3) is 0 Å². The molecule has 0 spiro atoms. The molecule has 1 aromatic carbocycles. The van der Waals surface area contributed by atoms with Gasteiger partial charge < -0.3 is 15.4 Å². The number of carbonyl (C=O) groups excluding carboxylic acids is 1. The summed E-state index contributed by atoms with van der Waals surface area (Å²) in [5.41, 5.74) is 6.75. The van der Waals surface area contributed by atoms with Gasteiger partial charge in [0.05, 0.1) is 0 Å². The minimum absolute atomic E-state index is 0.213. The van der Waals surface area contributed by atoms with E-state index in [1.807, 2.05) is 35.2 Å². The summed E-state index contributed by atoms with van der Waals surface area (Å²) >= 11 is 0. The predicted molar refractivity (Wildman–Crippen MR) is 92.1 cm³/mol. The number of hydrogen-bond donors (Lipinski definition) is 1. The largest absolute Gasteiger partial charge is 0.445 e. The molecular formula is C18H29N3O2. The van der Waals surface area contributed by atoms with Crippen LogP contribution >= 0.6 is 0 Å². The second kappa shape index (κ2) is 8.89. The molecule has 0 saturated carbocycles. The Morgan fingerprint density at radius 2 is 2.13 bits per heavy atom. The molecule has 1 saturated heterocycles. The Bertz CT molecular complexity index is 478. The van der Waals surface area contributed by atoms with Gasteiger partial charge in [0.15, 0.2) is 0 Å². The van der Waals surface area contributed by atoms with Gasteiger partial charge in [-0.3, -0.25) is 4.90 Å². The number of likely N-dealkylation sites (tertiary alicyclic amines) is 1. The summed E-state index contributed by atoms with van der Waals surface area (Å²) in [4.78, 5) is 16.6. The normalized spacial score (nSPS) is 18.5. The van der Waals surface area contributed by atoms with Crippen LogP contribution in [0.15, 0.2) is 30.3 Å². The number of piperidine rings is 1. The third-order valence-electron chi connectivity index (χ3n) is 4.38. The average Bonchev–Trinajstić information content (AvgIpc) is 2.58. The minimum Gasteiger partial charge on any atom is -0.445 e. The van der Waals surface area contributed by atoms with E-state index < -0.39 is 0 Å². The van der Waals surface area contributed by atoms with E-state index in [0.29, 0.717) is 25.2 Å². The second-order valence-corrected chi connectivity index (χ2v) is 6.40. The molecule has 2 rings (SSSR count). The summed E-state index contributed by atoms with van der Waals surface area (Å²) in [5, 5.41) is 0. The minimum atomic E-state index is -0.213. The number of nitrogens with two attached hydrogens (primary N) is 1. The average molecular weight is 319 g/mol. The molecule has 128 valence electrons. The lowest BCUT2D eigenvalue weighted by Crippen LogP contribution is -2.53. The number of nitrogens with zero attached hydrogens (tertiary/aromatic N) is 2. The molecule has 1 aliphatic heterocycles. The number of benzene rings is 1. The van der Waals surface area contributed by atoms with Gasteiger partial charge in [0.1, 0.15) is 6.61 Å². The highest BCUT2D eigenvalue weighted by molar-refractivity contribution is 5.67. The quantitative estimate of drug-likeness (QED) is 0.875. The van der Waals surface area contributed by atoms with Crippen molar-refractivity contribution in [2.24, 2.45) is 5.73 Å². The highest BCUT2D eigenvalue weighted by Crippen LogP contribution is 2.19. The van der Waals surface area contributed by atoms with Gasteiger partial charge in [0.25, 0.3) is 0 Å². The molecule has 5 heteroatoms. The monoisotopic (exact) mass is 319 g/mol. The third kappa shape index (κ3) is 5.22. The van der Waals surface area contributed by atoms with Crippen LogP contribution in [0, 0.1) is 0 Å². The first-order chi connectivity index (χ1) is 11.1. The molecular weight excluding hydrogens is 290 g/mol. The highest BCUT2D eigenvalue weighted by atomic mass is 16.6. The van der Waals surface area contributed by atoms with Crippen molar-refractivity contribution in [3.8, 4) is 0 Å². The molecule has 1 fully saturated rings. The predicted octanol–water partition coefficient (Wildman–Crippen LogP) is 2.46. The lowest BCUT2D eigenvalue weighted by Gasteiger charge is -2.40.